The maximum Gasteiger partial charge on any atom is 0.307 e. The van der Waals surface area contributed by atoms with Crippen LogP contribution in [0.25, 0.3) is 0 Å². The van der Waals surface area contributed by atoms with Crippen molar-refractivity contribution in [2.75, 3.05) is 39.8 Å². The van der Waals surface area contributed by atoms with E-state index in [-0.39, 0.29) is 24.2 Å². The third kappa shape index (κ3) is 6.37. The zero-order chi connectivity index (χ0) is 16.7. The summed E-state index contributed by atoms with van der Waals surface area (Å²) in [5.74, 6) is -0.257. The topological polar surface area (TPSA) is 70.1 Å². The average Bonchev–Trinajstić information content (AvgIpc) is 3.01. The van der Waals surface area contributed by atoms with Crippen LogP contribution in [0.3, 0.4) is 0 Å². The van der Waals surface area contributed by atoms with Crippen LogP contribution >= 0.6 is 12.4 Å². The van der Waals surface area contributed by atoms with Gasteiger partial charge >= 0.3 is 5.97 Å². The number of carbonyl (C=O) groups is 2. The second kappa shape index (κ2) is 10.2. The van der Waals surface area contributed by atoms with Gasteiger partial charge in [-0.15, -0.1) is 12.4 Å². The molecule has 1 N–H and O–H groups in total. The molecule has 1 aliphatic heterocycles. The fourth-order valence-corrected chi connectivity index (χ4v) is 2.62. The van der Waals surface area contributed by atoms with Gasteiger partial charge in [-0.2, -0.15) is 0 Å². The maximum atomic E-state index is 12.1. The number of aliphatic carboxylic acids is 1. The van der Waals surface area contributed by atoms with Crippen molar-refractivity contribution in [3.05, 3.63) is 30.3 Å². The van der Waals surface area contributed by atoms with Gasteiger partial charge in [-0.05, 0) is 31.5 Å². The molecule has 6 nitrogen and oxygen atoms in total. The van der Waals surface area contributed by atoms with Crippen LogP contribution in [-0.2, 0) is 9.59 Å². The molecule has 1 fully saturated rings. The van der Waals surface area contributed by atoms with Crippen molar-refractivity contribution in [1.82, 2.24) is 9.80 Å². The lowest BCUT2D eigenvalue weighted by molar-refractivity contribution is -0.141. The van der Waals surface area contributed by atoms with Crippen LogP contribution in [0.1, 0.15) is 12.8 Å². The Morgan fingerprint density at radius 1 is 1.33 bits per heavy atom. The van der Waals surface area contributed by atoms with E-state index < -0.39 is 5.97 Å². The Balaban J connectivity index is 0.00000288. The Labute approximate surface area is 148 Å². The first-order valence-corrected chi connectivity index (χ1v) is 7.93. The molecule has 134 valence electrons. The van der Waals surface area contributed by atoms with Crippen molar-refractivity contribution in [3.63, 3.8) is 0 Å². The van der Waals surface area contributed by atoms with Crippen LogP contribution in [0.15, 0.2) is 30.3 Å². The number of nitrogens with zero attached hydrogens (tertiary/aromatic N) is 2. The molecule has 0 aliphatic carbocycles. The van der Waals surface area contributed by atoms with E-state index in [1.807, 2.05) is 35.2 Å². The van der Waals surface area contributed by atoms with E-state index in [1.54, 1.807) is 11.9 Å². The molecule has 0 saturated carbocycles. The predicted octanol–water partition coefficient (Wildman–Crippen LogP) is 1.74. The Morgan fingerprint density at radius 3 is 2.67 bits per heavy atom. The summed E-state index contributed by atoms with van der Waals surface area (Å²) in [6.45, 7) is 2.62. The van der Waals surface area contributed by atoms with Crippen LogP contribution < -0.4 is 4.74 Å². The van der Waals surface area contributed by atoms with Crippen molar-refractivity contribution >= 4 is 24.3 Å². The number of halogens is 1. The van der Waals surface area contributed by atoms with Gasteiger partial charge in [0.2, 0.25) is 5.91 Å². The fraction of sp³-hybridized carbons (Fsp3) is 0.529. The number of para-hydroxylation sites is 1. The summed E-state index contributed by atoms with van der Waals surface area (Å²) in [5, 5.41) is 8.98. The van der Waals surface area contributed by atoms with Gasteiger partial charge in [0, 0.05) is 20.1 Å². The number of amides is 1. The number of ether oxygens (including phenoxy) is 1. The molecule has 1 atom stereocenters. The molecule has 1 aliphatic rings. The first-order chi connectivity index (χ1) is 11.1. The molecule has 7 heteroatoms. The summed E-state index contributed by atoms with van der Waals surface area (Å²) < 4.78 is 5.60. The molecular formula is C17H25ClN2O4. The molecular weight excluding hydrogens is 332 g/mol. The van der Waals surface area contributed by atoms with Crippen LogP contribution in [0, 0.1) is 5.92 Å². The minimum Gasteiger partial charge on any atom is -0.494 e. The number of benzene rings is 1. The van der Waals surface area contributed by atoms with E-state index in [9.17, 15) is 9.59 Å². The summed E-state index contributed by atoms with van der Waals surface area (Å²) in [7, 11) is 1.77. The largest absolute Gasteiger partial charge is 0.494 e. The molecule has 0 bridgehead atoms. The van der Waals surface area contributed by atoms with Gasteiger partial charge in [0.05, 0.1) is 19.1 Å². The van der Waals surface area contributed by atoms with E-state index in [0.29, 0.717) is 39.2 Å². The number of carbonyl (C=O) groups excluding carboxylic acids is 1. The van der Waals surface area contributed by atoms with Gasteiger partial charge < -0.3 is 14.7 Å². The van der Waals surface area contributed by atoms with Crippen molar-refractivity contribution in [1.29, 1.82) is 0 Å². The second-order valence-electron chi connectivity index (χ2n) is 5.89. The number of hydrogen-bond donors (Lipinski definition) is 1. The van der Waals surface area contributed by atoms with Gasteiger partial charge in [0.1, 0.15) is 5.75 Å². The van der Waals surface area contributed by atoms with Crippen molar-refractivity contribution in [3.8, 4) is 5.75 Å². The first-order valence-electron chi connectivity index (χ1n) is 7.93. The van der Waals surface area contributed by atoms with E-state index in [2.05, 4.69) is 0 Å². The molecule has 0 spiro atoms. The molecule has 1 aromatic rings. The average molecular weight is 357 g/mol. The zero-order valence-electron chi connectivity index (χ0n) is 13.9. The van der Waals surface area contributed by atoms with Gasteiger partial charge in [0.15, 0.2) is 0 Å². The first kappa shape index (κ1) is 20.3. The molecule has 1 heterocycles. The Morgan fingerprint density at radius 2 is 2.04 bits per heavy atom. The van der Waals surface area contributed by atoms with E-state index in [1.165, 1.54) is 0 Å². The van der Waals surface area contributed by atoms with Crippen LogP contribution in [-0.4, -0.2) is 66.6 Å². The Kier molecular flexibility index (Phi) is 8.57. The number of likely N-dealkylation sites (N-methyl/N-ethyl adjacent to an activating group) is 1. The SMILES string of the molecule is CN(CCCOc1ccccc1)C(=O)CN1CCC(C(=O)O)C1.Cl. The van der Waals surface area contributed by atoms with Crippen molar-refractivity contribution < 1.29 is 19.4 Å². The minimum absolute atomic E-state index is 0. The van der Waals surface area contributed by atoms with Crippen LogP contribution in [0.2, 0.25) is 0 Å². The summed E-state index contributed by atoms with van der Waals surface area (Å²) >= 11 is 0. The number of rotatable bonds is 8. The maximum absolute atomic E-state index is 12.1. The van der Waals surface area contributed by atoms with Gasteiger partial charge in [-0.3, -0.25) is 14.5 Å². The highest BCUT2D eigenvalue weighted by Crippen LogP contribution is 2.16. The van der Waals surface area contributed by atoms with Crippen LogP contribution in [0.4, 0.5) is 0 Å². The summed E-state index contributed by atoms with van der Waals surface area (Å²) in [4.78, 5) is 26.7. The summed E-state index contributed by atoms with van der Waals surface area (Å²) in [6.07, 6.45) is 1.38. The van der Waals surface area contributed by atoms with E-state index in [0.717, 1.165) is 12.2 Å². The molecule has 1 amide bonds. The molecule has 0 radical (unpaired) electrons. The smallest absolute Gasteiger partial charge is 0.307 e. The number of carboxylic acids is 1. The third-order valence-electron chi connectivity index (χ3n) is 4.06. The summed E-state index contributed by atoms with van der Waals surface area (Å²) in [6, 6.07) is 9.59. The Bertz CT molecular complexity index is 527. The molecule has 0 aromatic heterocycles. The van der Waals surface area contributed by atoms with E-state index >= 15 is 0 Å². The highest BCUT2D eigenvalue weighted by molar-refractivity contribution is 5.85. The minimum atomic E-state index is -0.772. The molecule has 1 unspecified atom stereocenters. The fourth-order valence-electron chi connectivity index (χ4n) is 2.62. The lowest BCUT2D eigenvalue weighted by Gasteiger charge is -2.21. The predicted molar refractivity (Wildman–Crippen MR) is 93.6 cm³/mol. The van der Waals surface area contributed by atoms with Gasteiger partial charge in [0.25, 0.3) is 0 Å². The zero-order valence-corrected chi connectivity index (χ0v) is 14.7. The van der Waals surface area contributed by atoms with Crippen molar-refractivity contribution in [2.45, 2.75) is 12.8 Å². The van der Waals surface area contributed by atoms with Crippen molar-refractivity contribution in [2.24, 2.45) is 5.92 Å². The monoisotopic (exact) mass is 356 g/mol. The lowest BCUT2D eigenvalue weighted by Crippen LogP contribution is -2.38. The highest BCUT2D eigenvalue weighted by Gasteiger charge is 2.29. The standard InChI is InChI=1S/C17H24N2O4.ClH/c1-18(9-5-11-23-15-6-3-2-4-7-15)16(20)13-19-10-8-14(12-19)17(21)22;/h2-4,6-7,14H,5,8-13H2,1H3,(H,21,22);1H. The summed E-state index contributed by atoms with van der Waals surface area (Å²) in [5.41, 5.74) is 0. The Hall–Kier alpha value is -1.79. The number of carboxylic acid groups (broad SMARTS) is 1. The number of hydrogen-bond acceptors (Lipinski definition) is 4. The number of likely N-dealkylation sites (tertiary alicyclic amines) is 1. The quantitative estimate of drug-likeness (QED) is 0.718. The third-order valence-corrected chi connectivity index (χ3v) is 4.06. The lowest BCUT2D eigenvalue weighted by atomic mass is 10.1. The normalized spacial score (nSPS) is 17.1. The van der Waals surface area contributed by atoms with Crippen LogP contribution in [0.5, 0.6) is 5.75 Å². The molecule has 24 heavy (non-hydrogen) atoms. The second-order valence-corrected chi connectivity index (χ2v) is 5.89. The van der Waals surface area contributed by atoms with Gasteiger partial charge in [-0.1, -0.05) is 18.2 Å². The molecule has 1 saturated heterocycles. The molecule has 1 aromatic carbocycles. The molecule has 2 rings (SSSR count). The van der Waals surface area contributed by atoms with Gasteiger partial charge in [-0.25, -0.2) is 0 Å². The highest BCUT2D eigenvalue weighted by atomic mass is 35.5. The van der Waals surface area contributed by atoms with E-state index in [4.69, 9.17) is 9.84 Å².